The van der Waals surface area contributed by atoms with E-state index < -0.39 is 11.8 Å². The van der Waals surface area contributed by atoms with Gasteiger partial charge in [0.05, 0.1) is 7.11 Å². The molecule has 2 aromatic rings. The second-order valence-electron chi connectivity index (χ2n) is 6.65. The van der Waals surface area contributed by atoms with Crippen LogP contribution in [0, 0.1) is 6.92 Å². The first-order valence-corrected chi connectivity index (χ1v) is 9.70. The summed E-state index contributed by atoms with van der Waals surface area (Å²) in [4.78, 5) is 26.3. The lowest BCUT2D eigenvalue weighted by atomic mass is 10.0. The Morgan fingerprint density at radius 2 is 1.93 bits per heavy atom. The molecule has 3 rings (SSSR count). The lowest BCUT2D eigenvalue weighted by Gasteiger charge is -2.27. The number of methoxy groups -OCH3 is 1. The molecule has 0 aromatic heterocycles. The number of para-hydroxylation sites is 1. The third-order valence-electron chi connectivity index (χ3n) is 4.59. The number of carbonyl (C=O) groups is 2. The molecule has 6 nitrogen and oxygen atoms in total. The number of amides is 2. The van der Waals surface area contributed by atoms with Crippen molar-refractivity contribution in [3.63, 3.8) is 0 Å². The van der Waals surface area contributed by atoms with E-state index in [1.165, 1.54) is 11.0 Å². The van der Waals surface area contributed by atoms with Gasteiger partial charge in [-0.15, -0.1) is 6.58 Å². The first-order valence-electron chi connectivity index (χ1n) is 9.29. The van der Waals surface area contributed by atoms with Crippen molar-refractivity contribution >= 4 is 35.2 Å². The molecule has 1 N–H and O–H groups in total. The van der Waals surface area contributed by atoms with Crippen LogP contribution in [-0.2, 0) is 16.2 Å². The summed E-state index contributed by atoms with van der Waals surface area (Å²) in [6.45, 7) is 6.08. The molecule has 0 spiro atoms. The zero-order chi connectivity index (χ0) is 21.7. The fraction of sp³-hybridized carbons (Fsp3) is 0.174. The van der Waals surface area contributed by atoms with E-state index in [4.69, 9.17) is 21.7 Å². The molecule has 0 unspecified atom stereocenters. The van der Waals surface area contributed by atoms with Gasteiger partial charge in [-0.3, -0.25) is 19.8 Å². The Morgan fingerprint density at radius 1 is 1.17 bits per heavy atom. The number of aryl methyl sites for hydroxylation is 1. The lowest BCUT2D eigenvalue weighted by molar-refractivity contribution is -0.128. The molecule has 0 bridgehead atoms. The number of hydrogen-bond donors (Lipinski definition) is 1. The van der Waals surface area contributed by atoms with Gasteiger partial charge in [-0.05, 0) is 54.5 Å². The third-order valence-corrected chi connectivity index (χ3v) is 4.91. The topological polar surface area (TPSA) is 67.9 Å². The van der Waals surface area contributed by atoms with Gasteiger partial charge in [0.1, 0.15) is 23.7 Å². The summed E-state index contributed by atoms with van der Waals surface area (Å²) in [5, 5.41) is 2.61. The van der Waals surface area contributed by atoms with Crippen LogP contribution in [0.1, 0.15) is 16.7 Å². The molecule has 2 amide bonds. The maximum Gasteiger partial charge on any atom is 0.265 e. The highest BCUT2D eigenvalue weighted by molar-refractivity contribution is 7.80. The predicted octanol–water partition coefficient (Wildman–Crippen LogP) is 3.40. The van der Waals surface area contributed by atoms with Crippen LogP contribution in [-0.4, -0.2) is 35.5 Å². The fourth-order valence-electron chi connectivity index (χ4n) is 3.03. The fourth-order valence-corrected chi connectivity index (χ4v) is 3.28. The van der Waals surface area contributed by atoms with Crippen molar-refractivity contribution in [2.75, 3.05) is 13.7 Å². The predicted molar refractivity (Wildman–Crippen MR) is 119 cm³/mol. The summed E-state index contributed by atoms with van der Waals surface area (Å²) in [7, 11) is 1.58. The largest absolute Gasteiger partial charge is 0.496 e. The van der Waals surface area contributed by atoms with E-state index >= 15 is 0 Å². The van der Waals surface area contributed by atoms with Crippen LogP contribution in [0.3, 0.4) is 0 Å². The van der Waals surface area contributed by atoms with Crippen LogP contribution >= 0.6 is 12.2 Å². The Labute approximate surface area is 180 Å². The Bertz CT molecular complexity index is 1050. The number of ether oxygens (including phenoxy) is 2. The molecule has 0 aliphatic carbocycles. The van der Waals surface area contributed by atoms with Gasteiger partial charge in [0.25, 0.3) is 11.8 Å². The monoisotopic (exact) mass is 422 g/mol. The number of nitrogens with one attached hydrogen (secondary N) is 1. The quantitative estimate of drug-likeness (QED) is 0.321. The second kappa shape index (κ2) is 9.37. The highest BCUT2D eigenvalue weighted by atomic mass is 32.1. The molecule has 30 heavy (non-hydrogen) atoms. The maximum absolute atomic E-state index is 12.7. The minimum Gasteiger partial charge on any atom is -0.496 e. The third kappa shape index (κ3) is 4.58. The Kier molecular flexibility index (Phi) is 6.64. The van der Waals surface area contributed by atoms with Gasteiger partial charge in [0, 0.05) is 12.1 Å². The molecule has 1 aliphatic rings. The van der Waals surface area contributed by atoms with Crippen molar-refractivity contribution in [1.82, 2.24) is 10.2 Å². The molecule has 2 aromatic carbocycles. The molecular formula is C23H22N2O4S. The van der Waals surface area contributed by atoms with E-state index in [0.29, 0.717) is 11.3 Å². The van der Waals surface area contributed by atoms with Crippen LogP contribution in [0.25, 0.3) is 6.08 Å². The Morgan fingerprint density at radius 3 is 2.63 bits per heavy atom. The lowest BCUT2D eigenvalue weighted by Crippen LogP contribution is -2.53. The molecule has 1 aliphatic heterocycles. The molecule has 0 atom stereocenters. The first-order chi connectivity index (χ1) is 14.4. The number of thiocarbonyl (C=S) groups is 1. The van der Waals surface area contributed by atoms with Gasteiger partial charge >= 0.3 is 0 Å². The molecule has 0 saturated carbocycles. The summed E-state index contributed by atoms with van der Waals surface area (Å²) in [6, 6.07) is 13.1. The molecule has 7 heteroatoms. The minimum absolute atomic E-state index is 0.00129. The van der Waals surface area contributed by atoms with Crippen molar-refractivity contribution in [3.05, 3.63) is 77.4 Å². The smallest absolute Gasteiger partial charge is 0.265 e. The van der Waals surface area contributed by atoms with E-state index in [9.17, 15) is 9.59 Å². The molecular weight excluding hydrogens is 400 g/mol. The summed E-state index contributed by atoms with van der Waals surface area (Å²) in [6.07, 6.45) is 3.08. The van der Waals surface area contributed by atoms with Crippen molar-refractivity contribution in [2.24, 2.45) is 0 Å². The molecule has 154 valence electrons. The molecule has 0 radical (unpaired) electrons. The Hall–Kier alpha value is -3.45. The summed E-state index contributed by atoms with van der Waals surface area (Å²) < 4.78 is 11.4. The molecule has 1 heterocycles. The zero-order valence-corrected chi connectivity index (χ0v) is 17.6. The van der Waals surface area contributed by atoms with Gasteiger partial charge in [-0.25, -0.2) is 0 Å². The van der Waals surface area contributed by atoms with Crippen molar-refractivity contribution in [1.29, 1.82) is 0 Å². The van der Waals surface area contributed by atoms with Crippen molar-refractivity contribution < 1.29 is 19.1 Å². The molecule has 1 saturated heterocycles. The Balaban J connectivity index is 1.89. The van der Waals surface area contributed by atoms with Crippen molar-refractivity contribution in [2.45, 2.75) is 13.5 Å². The van der Waals surface area contributed by atoms with E-state index in [0.717, 1.165) is 16.9 Å². The highest BCUT2D eigenvalue weighted by Crippen LogP contribution is 2.25. The highest BCUT2D eigenvalue weighted by Gasteiger charge is 2.32. The summed E-state index contributed by atoms with van der Waals surface area (Å²) >= 11 is 5.07. The van der Waals surface area contributed by atoms with Crippen LogP contribution in [0.5, 0.6) is 11.5 Å². The van der Waals surface area contributed by atoms with Crippen molar-refractivity contribution in [3.8, 4) is 11.5 Å². The van der Waals surface area contributed by atoms with E-state index in [1.54, 1.807) is 25.3 Å². The summed E-state index contributed by atoms with van der Waals surface area (Å²) in [5.41, 5.74) is 2.49. The van der Waals surface area contributed by atoms with E-state index in [1.807, 2.05) is 37.3 Å². The number of carbonyl (C=O) groups excluding carboxylic acids is 2. The van der Waals surface area contributed by atoms with E-state index in [-0.39, 0.29) is 23.8 Å². The number of hydrogen-bond acceptors (Lipinski definition) is 5. The standard InChI is InChI=1S/C23H22N2O4S/c1-4-11-25-22(27)18(21(26)24-23(25)30)13-16-9-10-20(28-3)17(12-16)14-29-19-8-6-5-7-15(19)2/h4-10,12-13H,1,11,14H2,2-3H3,(H,24,26,30). The summed E-state index contributed by atoms with van der Waals surface area (Å²) in [5.74, 6) is 0.439. The number of benzene rings is 2. The minimum atomic E-state index is -0.529. The van der Waals surface area contributed by atoms with Gasteiger partial charge in [-0.2, -0.15) is 0 Å². The van der Waals surface area contributed by atoms with E-state index in [2.05, 4.69) is 11.9 Å². The van der Waals surface area contributed by atoms with Crippen LogP contribution < -0.4 is 14.8 Å². The maximum atomic E-state index is 12.7. The van der Waals surface area contributed by atoms with Crippen LogP contribution in [0.15, 0.2) is 60.7 Å². The van der Waals surface area contributed by atoms with Gasteiger partial charge in [0.2, 0.25) is 0 Å². The number of nitrogens with zero attached hydrogens (tertiary/aromatic N) is 1. The SMILES string of the molecule is C=CCN1C(=O)C(=Cc2ccc(OC)c(COc3ccccc3C)c2)C(=O)NC1=S. The number of rotatable bonds is 7. The van der Waals surface area contributed by atoms with Gasteiger partial charge in [0.15, 0.2) is 5.11 Å². The molecule has 1 fully saturated rings. The van der Waals surface area contributed by atoms with Crippen LogP contribution in [0.2, 0.25) is 0 Å². The first kappa shape index (κ1) is 21.3. The normalized spacial score (nSPS) is 15.2. The second-order valence-corrected chi connectivity index (χ2v) is 7.03. The average molecular weight is 423 g/mol. The zero-order valence-electron chi connectivity index (χ0n) is 16.8. The average Bonchev–Trinajstić information content (AvgIpc) is 2.73. The van der Waals surface area contributed by atoms with Gasteiger partial charge < -0.3 is 9.47 Å². The van der Waals surface area contributed by atoms with Crippen LogP contribution in [0.4, 0.5) is 0 Å². The van der Waals surface area contributed by atoms with Gasteiger partial charge in [-0.1, -0.05) is 30.3 Å².